The van der Waals surface area contributed by atoms with Gasteiger partial charge in [-0.05, 0) is 34.1 Å². The fourth-order valence-electron chi connectivity index (χ4n) is 1.41. The highest BCUT2D eigenvalue weighted by molar-refractivity contribution is 9.11. The quantitative estimate of drug-likeness (QED) is 0.942. The highest BCUT2D eigenvalue weighted by Crippen LogP contribution is 2.25. The number of nitrogens with zero attached hydrogens (tertiary/aromatic N) is 2. The van der Waals surface area contributed by atoms with Crippen LogP contribution in [0.5, 0.6) is 0 Å². The molecule has 0 aliphatic heterocycles. The van der Waals surface area contributed by atoms with Crippen LogP contribution in [0.15, 0.2) is 28.2 Å². The maximum Gasteiger partial charge on any atom is 0.0795 e. The summed E-state index contributed by atoms with van der Waals surface area (Å²) in [7, 11) is 1.90. The fourth-order valence-corrected chi connectivity index (χ4v) is 2.96. The average molecular weight is 286 g/mol. The Hall–Kier alpha value is -0.650. The lowest BCUT2D eigenvalue weighted by Gasteiger charge is -2.06. The number of nitrogens with two attached hydrogens (primary N) is 1. The van der Waals surface area contributed by atoms with E-state index in [0.29, 0.717) is 0 Å². The summed E-state index contributed by atoms with van der Waals surface area (Å²) in [6.07, 6.45) is 2.76. The van der Waals surface area contributed by atoms with Crippen LogP contribution in [0.3, 0.4) is 0 Å². The van der Waals surface area contributed by atoms with E-state index in [1.807, 2.05) is 25.4 Å². The molecule has 3 nitrogen and oxygen atoms in total. The summed E-state index contributed by atoms with van der Waals surface area (Å²) in [5.41, 5.74) is 7.01. The highest BCUT2D eigenvalue weighted by Gasteiger charge is 2.10. The summed E-state index contributed by atoms with van der Waals surface area (Å²) in [6, 6.07) is 6.09. The van der Waals surface area contributed by atoms with Crippen molar-refractivity contribution in [1.29, 1.82) is 0 Å². The van der Waals surface area contributed by atoms with Gasteiger partial charge in [0.05, 0.1) is 15.5 Å². The first-order valence-electron chi connectivity index (χ1n) is 4.64. The normalized spacial score (nSPS) is 13.0. The molecule has 2 N–H and O–H groups in total. The topological polar surface area (TPSA) is 43.8 Å². The lowest BCUT2D eigenvalue weighted by molar-refractivity contribution is 0.661. The molecule has 2 aromatic heterocycles. The van der Waals surface area contributed by atoms with Gasteiger partial charge in [0, 0.05) is 24.5 Å². The van der Waals surface area contributed by atoms with Crippen LogP contribution >= 0.6 is 27.3 Å². The van der Waals surface area contributed by atoms with Crippen LogP contribution in [0.2, 0.25) is 0 Å². The molecule has 0 aliphatic carbocycles. The Bertz CT molecular complexity index is 449. The molecule has 0 fully saturated rings. The Labute approximate surface area is 101 Å². The predicted molar refractivity (Wildman–Crippen MR) is 65.9 cm³/mol. The summed E-state index contributed by atoms with van der Waals surface area (Å²) in [5.74, 6) is 0. The van der Waals surface area contributed by atoms with E-state index in [2.05, 4.69) is 27.1 Å². The van der Waals surface area contributed by atoms with E-state index in [4.69, 9.17) is 5.73 Å². The maximum absolute atomic E-state index is 6.07. The number of aryl methyl sites for hydroxylation is 1. The van der Waals surface area contributed by atoms with E-state index in [1.54, 1.807) is 16.0 Å². The molecule has 1 unspecified atom stereocenters. The number of hydrogen-bond acceptors (Lipinski definition) is 3. The first kappa shape index (κ1) is 10.9. The minimum absolute atomic E-state index is 0.0169. The second-order valence-corrected chi connectivity index (χ2v) is 5.98. The molecule has 0 aromatic carbocycles. The number of rotatable bonds is 3. The van der Waals surface area contributed by atoms with Gasteiger partial charge < -0.3 is 5.73 Å². The second-order valence-electron chi connectivity index (χ2n) is 3.43. The molecular weight excluding hydrogens is 274 g/mol. The number of aromatic nitrogens is 2. The van der Waals surface area contributed by atoms with Gasteiger partial charge in [0.25, 0.3) is 0 Å². The van der Waals surface area contributed by atoms with Gasteiger partial charge in [-0.25, -0.2) is 0 Å². The largest absolute Gasteiger partial charge is 0.322 e. The minimum atomic E-state index is -0.0169. The number of hydrogen-bond donors (Lipinski definition) is 1. The Balaban J connectivity index is 2.06. The first-order valence-corrected chi connectivity index (χ1v) is 6.25. The van der Waals surface area contributed by atoms with Gasteiger partial charge in [-0.2, -0.15) is 5.10 Å². The smallest absolute Gasteiger partial charge is 0.0795 e. The zero-order chi connectivity index (χ0) is 10.8. The third kappa shape index (κ3) is 2.68. The summed E-state index contributed by atoms with van der Waals surface area (Å²) in [4.78, 5) is 1.28. The molecule has 5 heteroatoms. The molecule has 0 spiro atoms. The molecule has 15 heavy (non-hydrogen) atoms. The lowest BCUT2D eigenvalue weighted by Crippen LogP contribution is -2.13. The van der Waals surface area contributed by atoms with Gasteiger partial charge in [-0.1, -0.05) is 0 Å². The van der Waals surface area contributed by atoms with Gasteiger partial charge in [-0.3, -0.25) is 4.68 Å². The molecule has 0 saturated heterocycles. The van der Waals surface area contributed by atoms with Crippen LogP contribution in [-0.2, 0) is 13.5 Å². The number of halogens is 1. The summed E-state index contributed by atoms with van der Waals surface area (Å²) in [6.45, 7) is 0. The van der Waals surface area contributed by atoms with Crippen molar-refractivity contribution >= 4 is 27.3 Å². The van der Waals surface area contributed by atoms with Gasteiger partial charge >= 0.3 is 0 Å². The van der Waals surface area contributed by atoms with Crippen molar-refractivity contribution < 1.29 is 0 Å². The van der Waals surface area contributed by atoms with Crippen LogP contribution in [-0.4, -0.2) is 9.78 Å². The fraction of sp³-hybridized carbons (Fsp3) is 0.300. The van der Waals surface area contributed by atoms with E-state index in [-0.39, 0.29) is 6.04 Å². The second kappa shape index (κ2) is 4.47. The predicted octanol–water partition coefficient (Wildman–Crippen LogP) is 2.49. The molecule has 0 saturated carbocycles. The van der Waals surface area contributed by atoms with Crippen molar-refractivity contribution in [3.8, 4) is 0 Å². The third-order valence-electron chi connectivity index (χ3n) is 2.16. The summed E-state index contributed by atoms with van der Waals surface area (Å²) >= 11 is 5.16. The SMILES string of the molecule is Cn1ccc(C(N)Cc2ccc(Br)s2)n1. The van der Waals surface area contributed by atoms with Crippen LogP contribution in [0, 0.1) is 0 Å². The molecular formula is C10H12BrN3S. The Kier molecular flexibility index (Phi) is 3.23. The van der Waals surface area contributed by atoms with Gasteiger partial charge in [0.1, 0.15) is 0 Å². The van der Waals surface area contributed by atoms with Crippen LogP contribution in [0.1, 0.15) is 16.6 Å². The van der Waals surface area contributed by atoms with E-state index >= 15 is 0 Å². The Morgan fingerprint density at radius 3 is 2.87 bits per heavy atom. The molecule has 0 aliphatic rings. The standard InChI is InChI=1S/C10H12BrN3S/c1-14-5-4-9(13-14)8(12)6-7-2-3-10(11)15-7/h2-5,8H,6,12H2,1H3. The summed E-state index contributed by atoms with van der Waals surface area (Å²) < 4.78 is 2.92. The number of thiophene rings is 1. The molecule has 2 aromatic rings. The van der Waals surface area contributed by atoms with E-state index in [0.717, 1.165) is 15.9 Å². The van der Waals surface area contributed by atoms with Crippen molar-refractivity contribution in [2.45, 2.75) is 12.5 Å². The molecule has 0 radical (unpaired) electrons. The lowest BCUT2D eigenvalue weighted by atomic mass is 10.1. The van der Waals surface area contributed by atoms with Crippen molar-refractivity contribution in [2.75, 3.05) is 0 Å². The van der Waals surface area contributed by atoms with Gasteiger partial charge in [0.2, 0.25) is 0 Å². The van der Waals surface area contributed by atoms with E-state index in [9.17, 15) is 0 Å². The zero-order valence-electron chi connectivity index (χ0n) is 8.35. The Morgan fingerprint density at radius 2 is 2.33 bits per heavy atom. The maximum atomic E-state index is 6.07. The van der Waals surface area contributed by atoms with E-state index < -0.39 is 0 Å². The van der Waals surface area contributed by atoms with Crippen molar-refractivity contribution in [3.63, 3.8) is 0 Å². The average Bonchev–Trinajstić information content (AvgIpc) is 2.75. The summed E-state index contributed by atoms with van der Waals surface area (Å²) in [5, 5.41) is 4.30. The van der Waals surface area contributed by atoms with Crippen molar-refractivity contribution in [2.24, 2.45) is 12.8 Å². The van der Waals surface area contributed by atoms with Crippen molar-refractivity contribution in [1.82, 2.24) is 9.78 Å². The molecule has 1 atom stereocenters. The first-order chi connectivity index (χ1) is 7.15. The van der Waals surface area contributed by atoms with Crippen LogP contribution in [0.25, 0.3) is 0 Å². The van der Waals surface area contributed by atoms with Crippen molar-refractivity contribution in [3.05, 3.63) is 38.8 Å². The molecule has 2 heterocycles. The minimum Gasteiger partial charge on any atom is -0.322 e. The monoisotopic (exact) mass is 285 g/mol. The van der Waals surface area contributed by atoms with Gasteiger partial charge in [0.15, 0.2) is 0 Å². The highest BCUT2D eigenvalue weighted by atomic mass is 79.9. The van der Waals surface area contributed by atoms with Gasteiger partial charge in [-0.15, -0.1) is 11.3 Å². The van der Waals surface area contributed by atoms with Crippen LogP contribution < -0.4 is 5.73 Å². The molecule has 0 bridgehead atoms. The Morgan fingerprint density at radius 1 is 1.53 bits per heavy atom. The molecule has 2 rings (SSSR count). The zero-order valence-corrected chi connectivity index (χ0v) is 10.8. The van der Waals surface area contributed by atoms with Crippen LogP contribution in [0.4, 0.5) is 0 Å². The third-order valence-corrected chi connectivity index (χ3v) is 3.81. The molecule has 0 amide bonds. The van der Waals surface area contributed by atoms with E-state index in [1.165, 1.54) is 4.88 Å². The molecule has 80 valence electrons.